The maximum Gasteiger partial charge on any atom is 0.150 e. The predicted molar refractivity (Wildman–Crippen MR) is 54.2 cm³/mol. The summed E-state index contributed by atoms with van der Waals surface area (Å²) in [6.07, 6.45) is 1.49. The van der Waals surface area contributed by atoms with Gasteiger partial charge in [0.15, 0.2) is 0 Å². The van der Waals surface area contributed by atoms with E-state index in [2.05, 4.69) is 10.3 Å². The number of aromatic nitrogens is 3. The van der Waals surface area contributed by atoms with E-state index >= 15 is 0 Å². The quantitative estimate of drug-likeness (QED) is 0.845. The third-order valence-corrected chi connectivity index (χ3v) is 2.20. The minimum atomic E-state index is -0.456. The van der Waals surface area contributed by atoms with Gasteiger partial charge in [0.05, 0.1) is 11.9 Å². The number of halogens is 2. The van der Waals surface area contributed by atoms with Crippen molar-refractivity contribution in [1.29, 1.82) is 0 Å². The summed E-state index contributed by atoms with van der Waals surface area (Å²) in [5.41, 5.74) is 6.39. The molecule has 0 aliphatic heterocycles. The van der Waals surface area contributed by atoms with E-state index in [1.807, 2.05) is 0 Å². The fourth-order valence-corrected chi connectivity index (χ4v) is 1.41. The number of nitrogens with zero attached hydrogens (tertiary/aromatic N) is 3. The van der Waals surface area contributed by atoms with Crippen molar-refractivity contribution in [3.05, 3.63) is 40.9 Å². The van der Waals surface area contributed by atoms with E-state index in [1.165, 1.54) is 23.0 Å². The maximum atomic E-state index is 13.5. The molecule has 0 amide bonds. The van der Waals surface area contributed by atoms with Crippen LogP contribution in [0.25, 0.3) is 5.69 Å². The zero-order chi connectivity index (χ0) is 10.8. The summed E-state index contributed by atoms with van der Waals surface area (Å²) in [6.45, 7) is 0.245. The van der Waals surface area contributed by atoms with E-state index in [1.54, 1.807) is 6.07 Å². The average molecular weight is 227 g/mol. The summed E-state index contributed by atoms with van der Waals surface area (Å²) < 4.78 is 14.9. The maximum absolute atomic E-state index is 13.5. The van der Waals surface area contributed by atoms with Crippen LogP contribution in [-0.2, 0) is 6.54 Å². The number of hydrogen-bond donors (Lipinski definition) is 1. The van der Waals surface area contributed by atoms with Gasteiger partial charge in [-0.05, 0) is 18.2 Å². The Kier molecular flexibility index (Phi) is 2.66. The molecule has 0 aliphatic rings. The first-order chi connectivity index (χ1) is 7.22. The normalized spacial score (nSPS) is 10.6. The number of hydrogen-bond acceptors (Lipinski definition) is 3. The van der Waals surface area contributed by atoms with Gasteiger partial charge in [0.25, 0.3) is 0 Å². The Morgan fingerprint density at radius 2 is 2.27 bits per heavy atom. The van der Waals surface area contributed by atoms with Crippen LogP contribution in [0, 0.1) is 5.82 Å². The van der Waals surface area contributed by atoms with Crippen molar-refractivity contribution in [1.82, 2.24) is 15.0 Å². The molecule has 78 valence electrons. The van der Waals surface area contributed by atoms with Crippen LogP contribution in [0.3, 0.4) is 0 Å². The van der Waals surface area contributed by atoms with Crippen LogP contribution in [0.4, 0.5) is 4.39 Å². The molecule has 15 heavy (non-hydrogen) atoms. The van der Waals surface area contributed by atoms with Crippen LogP contribution in [0.2, 0.25) is 5.02 Å². The van der Waals surface area contributed by atoms with Crippen LogP contribution >= 0.6 is 11.6 Å². The molecule has 4 nitrogen and oxygen atoms in total. The molecule has 0 atom stereocenters. The van der Waals surface area contributed by atoms with E-state index in [-0.39, 0.29) is 12.2 Å². The molecule has 0 bridgehead atoms. The van der Waals surface area contributed by atoms with E-state index in [4.69, 9.17) is 17.3 Å². The Hall–Kier alpha value is -1.46. The third kappa shape index (κ3) is 1.84. The van der Waals surface area contributed by atoms with Crippen molar-refractivity contribution in [2.24, 2.45) is 5.73 Å². The standard InChI is InChI=1S/C9H8ClFN4/c10-6-1-2-9(8(11)3-6)15-7(4-12)5-13-14-15/h1-3,5H,4,12H2. The first-order valence-electron chi connectivity index (χ1n) is 4.27. The van der Waals surface area contributed by atoms with Gasteiger partial charge in [0.2, 0.25) is 0 Å². The second-order valence-electron chi connectivity index (χ2n) is 2.94. The van der Waals surface area contributed by atoms with Gasteiger partial charge in [-0.3, -0.25) is 0 Å². The molecular weight excluding hydrogens is 219 g/mol. The second-order valence-corrected chi connectivity index (χ2v) is 3.37. The molecule has 0 fully saturated rings. The second kappa shape index (κ2) is 3.96. The molecule has 1 heterocycles. The fourth-order valence-electron chi connectivity index (χ4n) is 1.25. The first kappa shape index (κ1) is 10.1. The van der Waals surface area contributed by atoms with Crippen molar-refractivity contribution in [2.45, 2.75) is 6.54 Å². The molecule has 0 saturated carbocycles. The topological polar surface area (TPSA) is 56.7 Å². The molecule has 0 radical (unpaired) electrons. The summed E-state index contributed by atoms with van der Waals surface area (Å²) in [4.78, 5) is 0. The molecular formula is C9H8ClFN4. The van der Waals surface area contributed by atoms with E-state index in [0.717, 1.165) is 0 Å². The smallest absolute Gasteiger partial charge is 0.150 e. The van der Waals surface area contributed by atoms with Gasteiger partial charge in [-0.25, -0.2) is 9.07 Å². The molecule has 2 rings (SSSR count). The number of nitrogens with two attached hydrogens (primary N) is 1. The summed E-state index contributed by atoms with van der Waals surface area (Å²) >= 11 is 5.64. The van der Waals surface area contributed by atoms with Crippen molar-refractivity contribution < 1.29 is 4.39 Å². The van der Waals surface area contributed by atoms with Crippen LogP contribution in [0.5, 0.6) is 0 Å². The van der Waals surface area contributed by atoms with Crippen molar-refractivity contribution in [2.75, 3.05) is 0 Å². The third-order valence-electron chi connectivity index (χ3n) is 1.97. The molecule has 2 N–H and O–H groups in total. The zero-order valence-corrected chi connectivity index (χ0v) is 8.45. The zero-order valence-electron chi connectivity index (χ0n) is 7.69. The largest absolute Gasteiger partial charge is 0.325 e. The Morgan fingerprint density at radius 1 is 1.47 bits per heavy atom. The Bertz CT molecular complexity index is 483. The minimum absolute atomic E-state index is 0.245. The van der Waals surface area contributed by atoms with Gasteiger partial charge in [-0.1, -0.05) is 16.8 Å². The molecule has 6 heteroatoms. The molecule has 1 aromatic carbocycles. The molecule has 0 aliphatic carbocycles. The summed E-state index contributed by atoms with van der Waals surface area (Å²) in [7, 11) is 0. The van der Waals surface area contributed by atoms with Crippen LogP contribution in [-0.4, -0.2) is 15.0 Å². The van der Waals surface area contributed by atoms with Gasteiger partial charge in [-0.2, -0.15) is 0 Å². The lowest BCUT2D eigenvalue weighted by Crippen LogP contribution is -2.08. The lowest BCUT2D eigenvalue weighted by atomic mass is 10.3. The van der Waals surface area contributed by atoms with Gasteiger partial charge >= 0.3 is 0 Å². The Balaban J connectivity index is 2.54. The highest BCUT2D eigenvalue weighted by Crippen LogP contribution is 2.18. The SMILES string of the molecule is NCc1cnnn1-c1ccc(Cl)cc1F. The Labute approximate surface area is 90.5 Å². The summed E-state index contributed by atoms with van der Waals surface area (Å²) in [5.74, 6) is -0.456. The van der Waals surface area contributed by atoms with Gasteiger partial charge in [0, 0.05) is 11.6 Å². The lowest BCUT2D eigenvalue weighted by Gasteiger charge is -2.05. The van der Waals surface area contributed by atoms with E-state index in [9.17, 15) is 4.39 Å². The van der Waals surface area contributed by atoms with Crippen molar-refractivity contribution >= 4 is 11.6 Å². The monoisotopic (exact) mass is 226 g/mol. The van der Waals surface area contributed by atoms with Gasteiger partial charge in [0.1, 0.15) is 11.5 Å². The van der Waals surface area contributed by atoms with Crippen LogP contribution < -0.4 is 5.73 Å². The molecule has 0 unspecified atom stereocenters. The van der Waals surface area contributed by atoms with Gasteiger partial charge in [-0.15, -0.1) is 5.10 Å². The Morgan fingerprint density at radius 3 is 2.93 bits per heavy atom. The number of benzene rings is 1. The number of rotatable bonds is 2. The van der Waals surface area contributed by atoms with Crippen molar-refractivity contribution in [3.8, 4) is 5.69 Å². The van der Waals surface area contributed by atoms with Crippen LogP contribution in [0.1, 0.15) is 5.69 Å². The highest BCUT2D eigenvalue weighted by molar-refractivity contribution is 6.30. The van der Waals surface area contributed by atoms with Crippen molar-refractivity contribution in [3.63, 3.8) is 0 Å². The summed E-state index contributed by atoms with van der Waals surface area (Å²) in [6, 6.07) is 4.34. The molecule has 0 spiro atoms. The molecule has 0 saturated heterocycles. The van der Waals surface area contributed by atoms with E-state index < -0.39 is 5.82 Å². The van der Waals surface area contributed by atoms with Crippen LogP contribution in [0.15, 0.2) is 24.4 Å². The lowest BCUT2D eigenvalue weighted by molar-refractivity contribution is 0.602. The highest BCUT2D eigenvalue weighted by Gasteiger charge is 2.09. The molecule has 2 aromatic rings. The first-order valence-corrected chi connectivity index (χ1v) is 4.65. The van der Waals surface area contributed by atoms with E-state index in [0.29, 0.717) is 10.7 Å². The highest BCUT2D eigenvalue weighted by atomic mass is 35.5. The molecule has 1 aromatic heterocycles. The fraction of sp³-hybridized carbons (Fsp3) is 0.111. The minimum Gasteiger partial charge on any atom is -0.325 e. The van der Waals surface area contributed by atoms with Gasteiger partial charge < -0.3 is 5.73 Å². The predicted octanol–water partition coefficient (Wildman–Crippen LogP) is 1.52. The average Bonchev–Trinajstić information content (AvgIpc) is 2.65. The summed E-state index contributed by atoms with van der Waals surface area (Å²) in [5, 5.41) is 7.76.